The molecule has 0 unspecified atom stereocenters. The fraction of sp³-hybridized carbons (Fsp3) is 0.846. The van der Waals surface area contributed by atoms with Crippen molar-refractivity contribution < 1.29 is 35.7 Å². The lowest BCUT2D eigenvalue weighted by Gasteiger charge is -2.43. The highest BCUT2D eigenvalue weighted by molar-refractivity contribution is 7.90. The average molecular weight is 635 g/mol. The third-order valence-corrected chi connectivity index (χ3v) is 18.8. The molecule has 2 N–H and O–H groups in total. The van der Waals surface area contributed by atoms with Gasteiger partial charge in [-0.2, -0.15) is 8.42 Å². The molecule has 1 aromatic rings. The number of hydrogen-bond acceptors (Lipinski definition) is 11. The van der Waals surface area contributed by atoms with E-state index >= 15 is 0 Å². The van der Waals surface area contributed by atoms with Gasteiger partial charge in [0.05, 0.1) is 23.9 Å². The molecule has 0 amide bonds. The molecule has 3 heterocycles. The average Bonchev–Trinajstić information content (AvgIpc) is 3.46. The van der Waals surface area contributed by atoms with Gasteiger partial charge >= 0.3 is 0 Å². The van der Waals surface area contributed by atoms with Crippen LogP contribution in [0.25, 0.3) is 0 Å². The minimum Gasteiger partial charge on any atom is -0.414 e. The van der Waals surface area contributed by atoms with Crippen molar-refractivity contribution in [3.63, 3.8) is 0 Å². The van der Waals surface area contributed by atoms with Crippen molar-refractivity contribution in [1.29, 1.82) is 0 Å². The molecule has 0 aromatic carbocycles. The lowest BCUT2D eigenvalue weighted by molar-refractivity contribution is -0.150. The quantitative estimate of drug-likeness (QED) is 0.208. The fourth-order valence-corrected chi connectivity index (χ4v) is 7.84. The molecule has 12 nitrogen and oxygen atoms in total. The summed E-state index contributed by atoms with van der Waals surface area (Å²) in [5.41, 5.74) is 5.38. The van der Waals surface area contributed by atoms with Crippen LogP contribution in [-0.4, -0.2) is 77.7 Å². The summed E-state index contributed by atoms with van der Waals surface area (Å²) in [6, 6.07) is 0. The molecule has 3 rings (SSSR count). The van der Waals surface area contributed by atoms with E-state index in [1.54, 1.807) is 6.20 Å². The number of rotatable bonds is 11. The summed E-state index contributed by atoms with van der Waals surface area (Å²) in [7, 11) is -9.00. The summed E-state index contributed by atoms with van der Waals surface area (Å²) in [5.74, 6) is 0. The third kappa shape index (κ3) is 6.67. The molecule has 0 saturated carbocycles. The highest BCUT2D eigenvalue weighted by atomic mass is 32.2. The van der Waals surface area contributed by atoms with E-state index in [9.17, 15) is 8.42 Å². The molecule has 41 heavy (non-hydrogen) atoms. The van der Waals surface area contributed by atoms with Crippen LogP contribution in [0, 0.1) is 0 Å². The summed E-state index contributed by atoms with van der Waals surface area (Å²) in [4.78, 5) is 0. The number of nitrogens with two attached hydrogens (primary N) is 1. The smallest absolute Gasteiger partial charge is 0.292 e. The molecule has 2 aliphatic rings. The number of ether oxygens (including phenoxy) is 3. The fourth-order valence-electron chi connectivity index (χ4n) is 4.33. The molecule has 15 heteroatoms. The Morgan fingerprint density at radius 3 is 2.07 bits per heavy atom. The first-order valence-corrected chi connectivity index (χ1v) is 21.5. The predicted octanol–water partition coefficient (Wildman–Crippen LogP) is 4.56. The van der Waals surface area contributed by atoms with Gasteiger partial charge in [0.2, 0.25) is 6.29 Å². The van der Waals surface area contributed by atoms with Crippen LogP contribution in [0.4, 0.5) is 0 Å². The Labute approximate surface area is 247 Å². The van der Waals surface area contributed by atoms with E-state index in [-0.39, 0.29) is 22.4 Å². The van der Waals surface area contributed by atoms with Crippen molar-refractivity contribution in [3.8, 4) is 0 Å². The van der Waals surface area contributed by atoms with E-state index in [0.717, 1.165) is 5.41 Å². The Balaban J connectivity index is 2.21. The van der Waals surface area contributed by atoms with Gasteiger partial charge in [-0.15, -0.1) is 5.10 Å². The first-order chi connectivity index (χ1) is 18.6. The maximum absolute atomic E-state index is 13.0. The molecule has 0 aliphatic carbocycles. The summed E-state index contributed by atoms with van der Waals surface area (Å²) >= 11 is 0. The monoisotopic (exact) mass is 634 g/mol. The molecule has 4 atom stereocenters. The first kappa shape index (κ1) is 34.3. The molecule has 1 fully saturated rings. The molecule has 1 spiro atoms. The van der Waals surface area contributed by atoms with Crippen LogP contribution in [0.5, 0.6) is 0 Å². The van der Waals surface area contributed by atoms with Crippen LogP contribution in [0.2, 0.25) is 36.3 Å². The van der Waals surface area contributed by atoms with Crippen LogP contribution < -0.4 is 5.73 Å². The largest absolute Gasteiger partial charge is 0.414 e. The molecule has 2 aliphatic heterocycles. The van der Waals surface area contributed by atoms with E-state index in [4.69, 9.17) is 33.0 Å². The Kier molecular flexibility index (Phi) is 9.81. The predicted molar refractivity (Wildman–Crippen MR) is 160 cm³/mol. The van der Waals surface area contributed by atoms with E-state index < -0.39 is 57.1 Å². The van der Waals surface area contributed by atoms with Crippen molar-refractivity contribution in [2.24, 2.45) is 5.73 Å². The van der Waals surface area contributed by atoms with Gasteiger partial charge in [0, 0.05) is 13.2 Å². The molecule has 236 valence electrons. The standard InChI is InChI=1S/C26H50N4O8SSi2/c1-13-33-23(34-14-2)18-15-28-29-30(18)22-21(37-41(11,12)25(6,7)8)26(19(27)17-39(31,32)38-26)20(36-22)16-35-40(9,10)24(3,4)5/h15,17,20-23H,13-14,16,27H2,1-12H3/t20-,21+,22-,26-/m1/s1. The lowest BCUT2D eigenvalue weighted by atomic mass is 9.89. The van der Waals surface area contributed by atoms with Crippen molar-refractivity contribution in [2.45, 2.75) is 122 Å². The maximum Gasteiger partial charge on any atom is 0.292 e. The van der Waals surface area contributed by atoms with Crippen molar-refractivity contribution in [2.75, 3.05) is 19.8 Å². The summed E-state index contributed by atoms with van der Waals surface area (Å²) < 4.78 is 65.3. The van der Waals surface area contributed by atoms with Crippen molar-refractivity contribution >= 4 is 26.8 Å². The number of hydrogen-bond donors (Lipinski definition) is 1. The van der Waals surface area contributed by atoms with Crippen molar-refractivity contribution in [3.05, 3.63) is 23.0 Å². The van der Waals surface area contributed by atoms with E-state index in [0.29, 0.717) is 18.9 Å². The van der Waals surface area contributed by atoms with Crippen LogP contribution in [-0.2, 0) is 37.4 Å². The Morgan fingerprint density at radius 2 is 1.61 bits per heavy atom. The van der Waals surface area contributed by atoms with Crippen molar-refractivity contribution in [1.82, 2.24) is 15.0 Å². The second kappa shape index (κ2) is 11.7. The van der Waals surface area contributed by atoms with E-state index in [2.05, 4.69) is 78.0 Å². The zero-order valence-electron chi connectivity index (χ0n) is 26.7. The first-order valence-electron chi connectivity index (χ1n) is 14.2. The number of aromatic nitrogens is 3. The van der Waals surface area contributed by atoms with Gasteiger partial charge in [-0.05, 0) is 50.1 Å². The Bertz CT molecular complexity index is 1200. The maximum atomic E-state index is 13.0. The molecule has 0 radical (unpaired) electrons. The summed E-state index contributed by atoms with van der Waals surface area (Å²) in [6.07, 6.45) is -2.15. The Hall–Kier alpha value is -1.18. The second-order valence-corrected chi connectivity index (χ2v) is 24.6. The van der Waals surface area contributed by atoms with Gasteiger partial charge in [0.1, 0.15) is 17.9 Å². The summed E-state index contributed by atoms with van der Waals surface area (Å²) in [6.45, 7) is 25.6. The highest BCUT2D eigenvalue weighted by Gasteiger charge is 2.67. The van der Waals surface area contributed by atoms with Gasteiger partial charge in [-0.25, -0.2) is 8.86 Å². The van der Waals surface area contributed by atoms with Crippen LogP contribution in [0.3, 0.4) is 0 Å². The highest BCUT2D eigenvalue weighted by Crippen LogP contribution is 2.52. The van der Waals surface area contributed by atoms with Crippen LogP contribution in [0.15, 0.2) is 17.3 Å². The van der Waals surface area contributed by atoms with Gasteiger partial charge in [-0.1, -0.05) is 46.8 Å². The molecule has 1 saturated heterocycles. The number of nitrogens with zero attached hydrogens (tertiary/aromatic N) is 3. The minimum absolute atomic E-state index is 0.000345. The molecule has 0 bridgehead atoms. The topological polar surface area (TPSA) is 146 Å². The third-order valence-electron chi connectivity index (χ3n) is 8.79. The zero-order chi connectivity index (χ0) is 31.2. The zero-order valence-corrected chi connectivity index (χ0v) is 29.5. The molecular formula is C26H50N4O8SSi2. The van der Waals surface area contributed by atoms with Crippen LogP contribution >= 0.6 is 0 Å². The Morgan fingerprint density at radius 1 is 1.05 bits per heavy atom. The molecular weight excluding hydrogens is 585 g/mol. The van der Waals surface area contributed by atoms with Crippen LogP contribution in [0.1, 0.15) is 73.6 Å². The van der Waals surface area contributed by atoms with E-state index in [1.807, 2.05) is 13.8 Å². The summed E-state index contributed by atoms with van der Waals surface area (Å²) in [5, 5.41) is 9.11. The van der Waals surface area contributed by atoms with Gasteiger partial charge in [0.15, 0.2) is 28.5 Å². The molecule has 1 aromatic heterocycles. The normalized spacial score (nSPS) is 27.2. The van der Waals surface area contributed by atoms with Gasteiger partial charge < -0.3 is 28.8 Å². The SMILES string of the molecule is CCOC(OCC)c1cnnn1[C@@H]1O[C@H](CO[Si](C)(C)C(C)(C)C)[C@@]2(OS(=O)(=O)C=C2N)[C@H]1O[Si](C)(C)C(C)(C)C. The second-order valence-electron chi connectivity index (χ2n) is 13.7. The van der Waals surface area contributed by atoms with E-state index in [1.165, 1.54) is 4.68 Å². The lowest BCUT2D eigenvalue weighted by Crippen LogP contribution is -2.59. The minimum atomic E-state index is -4.13. The van der Waals surface area contributed by atoms with Gasteiger partial charge in [-0.3, -0.25) is 0 Å². The van der Waals surface area contributed by atoms with Gasteiger partial charge in [0.25, 0.3) is 10.1 Å².